The van der Waals surface area contributed by atoms with E-state index in [9.17, 15) is 14.9 Å². The van der Waals surface area contributed by atoms with Crippen LogP contribution in [0.4, 0.5) is 11.4 Å². The summed E-state index contributed by atoms with van der Waals surface area (Å²) >= 11 is 0. The van der Waals surface area contributed by atoms with E-state index in [0.717, 1.165) is 18.8 Å². The zero-order valence-electron chi connectivity index (χ0n) is 12.6. The summed E-state index contributed by atoms with van der Waals surface area (Å²) in [5.41, 5.74) is 1.15. The van der Waals surface area contributed by atoms with Crippen LogP contribution < -0.4 is 4.90 Å². The number of carbonyl (C=O) groups is 1. The number of nitrogens with zero attached hydrogens (tertiary/aromatic N) is 3. The van der Waals surface area contributed by atoms with Crippen LogP contribution in [0.2, 0.25) is 0 Å². The molecule has 0 radical (unpaired) electrons. The quantitative estimate of drug-likeness (QED) is 0.645. The second kappa shape index (κ2) is 6.48. The van der Waals surface area contributed by atoms with Crippen molar-refractivity contribution in [1.29, 1.82) is 0 Å². The number of amides is 1. The van der Waals surface area contributed by atoms with Crippen LogP contribution in [-0.2, 0) is 0 Å². The second-order valence-corrected chi connectivity index (χ2v) is 5.39. The van der Waals surface area contributed by atoms with E-state index in [0.29, 0.717) is 13.1 Å². The molecule has 0 aromatic heterocycles. The molecular formula is C17H17N3O3. The van der Waals surface area contributed by atoms with E-state index in [-0.39, 0.29) is 17.2 Å². The maximum atomic E-state index is 12.6. The van der Waals surface area contributed by atoms with E-state index in [2.05, 4.69) is 4.90 Å². The maximum absolute atomic E-state index is 12.6. The SMILES string of the molecule is O=C(c1ccccc1[N+](=O)[O-])N1CCN(c2ccccc2)CC1. The molecule has 23 heavy (non-hydrogen) atoms. The van der Waals surface area contributed by atoms with Crippen LogP contribution in [0.3, 0.4) is 0 Å². The molecule has 1 aliphatic rings. The highest BCUT2D eigenvalue weighted by Gasteiger charge is 2.27. The summed E-state index contributed by atoms with van der Waals surface area (Å²) in [5.74, 6) is -0.273. The predicted molar refractivity (Wildman–Crippen MR) is 87.7 cm³/mol. The summed E-state index contributed by atoms with van der Waals surface area (Å²) in [5, 5.41) is 11.1. The topological polar surface area (TPSA) is 66.7 Å². The van der Waals surface area contributed by atoms with Crippen molar-refractivity contribution >= 4 is 17.3 Å². The molecule has 6 nitrogen and oxygen atoms in total. The van der Waals surface area contributed by atoms with Gasteiger partial charge in [-0.25, -0.2) is 0 Å². The highest BCUT2D eigenvalue weighted by molar-refractivity contribution is 5.98. The molecule has 0 N–H and O–H groups in total. The number of carbonyl (C=O) groups excluding carboxylic acids is 1. The van der Waals surface area contributed by atoms with E-state index >= 15 is 0 Å². The van der Waals surface area contributed by atoms with Crippen molar-refractivity contribution in [3.63, 3.8) is 0 Å². The number of para-hydroxylation sites is 2. The smallest absolute Gasteiger partial charge is 0.282 e. The maximum Gasteiger partial charge on any atom is 0.282 e. The number of hydrogen-bond donors (Lipinski definition) is 0. The molecule has 0 atom stereocenters. The first-order valence-corrected chi connectivity index (χ1v) is 7.49. The number of anilines is 1. The van der Waals surface area contributed by atoms with Gasteiger partial charge in [0.25, 0.3) is 11.6 Å². The van der Waals surface area contributed by atoms with Gasteiger partial charge in [-0.1, -0.05) is 30.3 Å². The van der Waals surface area contributed by atoms with Crippen molar-refractivity contribution in [3.05, 3.63) is 70.3 Å². The van der Waals surface area contributed by atoms with Gasteiger partial charge in [-0.05, 0) is 18.2 Å². The summed E-state index contributed by atoms with van der Waals surface area (Å²) < 4.78 is 0. The van der Waals surface area contributed by atoms with Crippen LogP contribution in [0, 0.1) is 10.1 Å². The Balaban J connectivity index is 1.71. The largest absolute Gasteiger partial charge is 0.368 e. The van der Waals surface area contributed by atoms with E-state index in [1.54, 1.807) is 17.0 Å². The van der Waals surface area contributed by atoms with Gasteiger partial charge >= 0.3 is 0 Å². The van der Waals surface area contributed by atoms with Gasteiger partial charge in [-0.2, -0.15) is 0 Å². The lowest BCUT2D eigenvalue weighted by Crippen LogP contribution is -2.48. The molecule has 2 aromatic rings. The number of nitro groups is 1. The molecule has 1 amide bonds. The minimum Gasteiger partial charge on any atom is -0.368 e. The molecule has 1 aliphatic heterocycles. The molecule has 1 heterocycles. The normalized spacial score (nSPS) is 14.6. The van der Waals surface area contributed by atoms with Gasteiger partial charge in [0.05, 0.1) is 4.92 Å². The molecule has 118 valence electrons. The van der Waals surface area contributed by atoms with Gasteiger partial charge in [0, 0.05) is 37.9 Å². The lowest BCUT2D eigenvalue weighted by atomic mass is 10.1. The minimum absolute atomic E-state index is 0.136. The van der Waals surface area contributed by atoms with Crippen molar-refractivity contribution in [2.24, 2.45) is 0 Å². The van der Waals surface area contributed by atoms with Crippen molar-refractivity contribution in [3.8, 4) is 0 Å². The molecule has 0 saturated carbocycles. The average molecular weight is 311 g/mol. The number of piperazine rings is 1. The summed E-state index contributed by atoms with van der Waals surface area (Å²) in [6, 6.07) is 16.1. The molecule has 0 aliphatic carbocycles. The number of benzene rings is 2. The molecule has 0 unspecified atom stereocenters. The molecule has 0 spiro atoms. The van der Waals surface area contributed by atoms with E-state index in [4.69, 9.17) is 0 Å². The van der Waals surface area contributed by atoms with Crippen LogP contribution in [0.15, 0.2) is 54.6 Å². The van der Waals surface area contributed by atoms with E-state index < -0.39 is 4.92 Å². The molecular weight excluding hydrogens is 294 g/mol. The molecule has 6 heteroatoms. The Kier molecular flexibility index (Phi) is 4.23. The number of nitro benzene ring substituents is 1. The lowest BCUT2D eigenvalue weighted by molar-refractivity contribution is -0.385. The highest BCUT2D eigenvalue weighted by Crippen LogP contribution is 2.21. The Morgan fingerprint density at radius 1 is 0.913 bits per heavy atom. The average Bonchev–Trinajstić information content (AvgIpc) is 2.62. The van der Waals surface area contributed by atoms with Gasteiger partial charge in [-0.15, -0.1) is 0 Å². The fraction of sp³-hybridized carbons (Fsp3) is 0.235. The number of hydrogen-bond acceptors (Lipinski definition) is 4. The van der Waals surface area contributed by atoms with Crippen molar-refractivity contribution in [2.75, 3.05) is 31.1 Å². The minimum atomic E-state index is -0.506. The molecule has 0 bridgehead atoms. The Labute approximate surface area is 134 Å². The van der Waals surface area contributed by atoms with Gasteiger partial charge in [-0.3, -0.25) is 14.9 Å². The van der Waals surface area contributed by atoms with Gasteiger partial charge < -0.3 is 9.80 Å². The fourth-order valence-corrected chi connectivity index (χ4v) is 2.79. The van der Waals surface area contributed by atoms with Crippen LogP contribution >= 0.6 is 0 Å². The second-order valence-electron chi connectivity index (χ2n) is 5.39. The first-order valence-electron chi connectivity index (χ1n) is 7.49. The highest BCUT2D eigenvalue weighted by atomic mass is 16.6. The summed E-state index contributed by atoms with van der Waals surface area (Å²) in [7, 11) is 0. The first-order chi connectivity index (χ1) is 11.2. The third-order valence-corrected chi connectivity index (χ3v) is 4.02. The fourth-order valence-electron chi connectivity index (χ4n) is 2.79. The summed E-state index contributed by atoms with van der Waals surface area (Å²) in [6.45, 7) is 2.55. The summed E-state index contributed by atoms with van der Waals surface area (Å²) in [4.78, 5) is 27.0. The first kappa shape index (κ1) is 15.0. The van der Waals surface area contributed by atoms with E-state index in [1.807, 2.05) is 30.3 Å². The zero-order valence-corrected chi connectivity index (χ0v) is 12.6. The zero-order chi connectivity index (χ0) is 16.2. The Morgan fingerprint density at radius 3 is 2.17 bits per heavy atom. The van der Waals surface area contributed by atoms with Crippen LogP contribution in [-0.4, -0.2) is 41.9 Å². The molecule has 1 saturated heterocycles. The predicted octanol–water partition coefficient (Wildman–Crippen LogP) is 2.56. The third-order valence-electron chi connectivity index (χ3n) is 4.02. The molecule has 3 rings (SSSR count). The van der Waals surface area contributed by atoms with Gasteiger partial charge in [0.2, 0.25) is 0 Å². The van der Waals surface area contributed by atoms with E-state index in [1.165, 1.54) is 12.1 Å². The van der Waals surface area contributed by atoms with Crippen LogP contribution in [0.1, 0.15) is 10.4 Å². The van der Waals surface area contributed by atoms with Crippen LogP contribution in [0.5, 0.6) is 0 Å². The Bertz CT molecular complexity index is 710. The Hall–Kier alpha value is -2.89. The van der Waals surface area contributed by atoms with Gasteiger partial charge in [0.15, 0.2) is 0 Å². The monoisotopic (exact) mass is 311 g/mol. The molecule has 2 aromatic carbocycles. The Morgan fingerprint density at radius 2 is 1.52 bits per heavy atom. The third kappa shape index (κ3) is 3.15. The molecule has 1 fully saturated rings. The lowest BCUT2D eigenvalue weighted by Gasteiger charge is -2.36. The van der Waals surface area contributed by atoms with Crippen molar-refractivity contribution in [1.82, 2.24) is 4.90 Å². The van der Waals surface area contributed by atoms with Crippen LogP contribution in [0.25, 0.3) is 0 Å². The summed E-state index contributed by atoms with van der Waals surface area (Å²) in [6.07, 6.45) is 0. The number of rotatable bonds is 3. The van der Waals surface area contributed by atoms with Gasteiger partial charge in [0.1, 0.15) is 5.56 Å². The van der Waals surface area contributed by atoms with Crippen molar-refractivity contribution in [2.45, 2.75) is 0 Å². The van der Waals surface area contributed by atoms with Crippen molar-refractivity contribution < 1.29 is 9.72 Å². The standard InChI is InChI=1S/C17H17N3O3/c21-17(15-8-4-5-9-16(15)20(22)23)19-12-10-18(11-13-19)14-6-2-1-3-7-14/h1-9H,10-13H2.